The number of aliphatic hydroxyl groups is 1. The van der Waals surface area contributed by atoms with E-state index in [1.54, 1.807) is 26.1 Å². The van der Waals surface area contributed by atoms with Crippen molar-refractivity contribution in [3.8, 4) is 6.07 Å². The van der Waals surface area contributed by atoms with Crippen LogP contribution in [0.5, 0.6) is 0 Å². The number of amides is 1. The molecule has 2 N–H and O–H groups in total. The Morgan fingerprint density at radius 2 is 2.40 bits per heavy atom. The second kappa shape index (κ2) is 4.62. The number of H-pyrrole nitrogens is 1. The Hall–Kier alpha value is -1.80. The average molecular weight is 207 g/mol. The molecule has 1 aromatic rings. The van der Waals surface area contributed by atoms with E-state index in [0.29, 0.717) is 11.4 Å². The average Bonchev–Trinajstić information content (AvgIpc) is 2.63. The molecular formula is C10H13N3O2. The first-order valence-corrected chi connectivity index (χ1v) is 4.57. The molecule has 0 aliphatic rings. The second-order valence-corrected chi connectivity index (χ2v) is 3.43. The zero-order valence-corrected chi connectivity index (χ0v) is 8.69. The third kappa shape index (κ3) is 2.82. The number of carbonyl (C=O) groups excluding carboxylic acids is 1. The maximum atomic E-state index is 11.7. The maximum absolute atomic E-state index is 11.7. The number of hydrogen-bond acceptors (Lipinski definition) is 3. The summed E-state index contributed by atoms with van der Waals surface area (Å²) in [6.07, 6.45) is -0.565. The minimum Gasteiger partial charge on any atom is -0.392 e. The predicted octanol–water partition coefficient (Wildman–Crippen LogP) is 0.339. The number of nitrogens with zero attached hydrogens (tertiary/aromatic N) is 2. The first kappa shape index (κ1) is 11.3. The number of carbonyl (C=O) groups is 1. The van der Waals surface area contributed by atoms with E-state index in [0.717, 1.165) is 0 Å². The van der Waals surface area contributed by atoms with Crippen LogP contribution in [0.15, 0.2) is 12.1 Å². The first-order valence-electron chi connectivity index (χ1n) is 4.57. The van der Waals surface area contributed by atoms with Crippen LogP contribution in [0.25, 0.3) is 0 Å². The number of aromatic nitrogens is 1. The molecule has 0 spiro atoms. The van der Waals surface area contributed by atoms with Gasteiger partial charge in [-0.25, -0.2) is 0 Å². The monoisotopic (exact) mass is 207 g/mol. The third-order valence-electron chi connectivity index (χ3n) is 1.92. The molecule has 0 saturated heterocycles. The predicted molar refractivity (Wildman–Crippen MR) is 54.1 cm³/mol. The van der Waals surface area contributed by atoms with Gasteiger partial charge in [-0.15, -0.1) is 0 Å². The number of likely N-dealkylation sites (N-methyl/N-ethyl adjacent to an activating group) is 1. The molecule has 1 aromatic heterocycles. The van der Waals surface area contributed by atoms with Crippen molar-refractivity contribution in [1.82, 2.24) is 9.88 Å². The highest BCUT2D eigenvalue weighted by molar-refractivity contribution is 5.92. The quantitative estimate of drug-likeness (QED) is 0.750. The van der Waals surface area contributed by atoms with Crippen LogP contribution in [0.2, 0.25) is 0 Å². The largest absolute Gasteiger partial charge is 0.392 e. The van der Waals surface area contributed by atoms with Crippen LogP contribution in [0.4, 0.5) is 0 Å². The van der Waals surface area contributed by atoms with Crippen molar-refractivity contribution in [2.75, 3.05) is 13.6 Å². The van der Waals surface area contributed by atoms with E-state index in [4.69, 9.17) is 10.4 Å². The third-order valence-corrected chi connectivity index (χ3v) is 1.92. The fourth-order valence-electron chi connectivity index (χ4n) is 1.27. The summed E-state index contributed by atoms with van der Waals surface area (Å²) < 4.78 is 0. The summed E-state index contributed by atoms with van der Waals surface area (Å²) in [7, 11) is 1.60. The smallest absolute Gasteiger partial charge is 0.270 e. The molecule has 1 unspecified atom stereocenters. The summed E-state index contributed by atoms with van der Waals surface area (Å²) >= 11 is 0. The summed E-state index contributed by atoms with van der Waals surface area (Å²) in [5.74, 6) is -0.239. The van der Waals surface area contributed by atoms with Gasteiger partial charge in [0.05, 0.1) is 6.10 Å². The fraction of sp³-hybridized carbons (Fsp3) is 0.400. The molecule has 0 aliphatic carbocycles. The number of nitrogens with one attached hydrogen (secondary N) is 1. The summed E-state index contributed by atoms with van der Waals surface area (Å²) in [6.45, 7) is 1.87. The van der Waals surface area contributed by atoms with Crippen LogP contribution in [0.3, 0.4) is 0 Å². The van der Waals surface area contributed by atoms with Crippen molar-refractivity contribution in [2.24, 2.45) is 0 Å². The first-order chi connectivity index (χ1) is 7.04. The molecule has 0 saturated carbocycles. The molecule has 80 valence electrons. The lowest BCUT2D eigenvalue weighted by atomic mass is 10.3. The molecule has 1 atom stereocenters. The highest BCUT2D eigenvalue weighted by atomic mass is 16.3. The van der Waals surface area contributed by atoms with Gasteiger partial charge in [-0.2, -0.15) is 5.26 Å². The van der Waals surface area contributed by atoms with E-state index in [1.807, 2.05) is 6.07 Å². The van der Waals surface area contributed by atoms with Gasteiger partial charge in [-0.1, -0.05) is 0 Å². The zero-order valence-electron chi connectivity index (χ0n) is 8.69. The molecule has 0 bridgehead atoms. The molecule has 1 amide bonds. The molecule has 0 aliphatic heterocycles. The van der Waals surface area contributed by atoms with Crippen molar-refractivity contribution in [1.29, 1.82) is 5.26 Å². The topological polar surface area (TPSA) is 80.1 Å². The summed E-state index contributed by atoms with van der Waals surface area (Å²) in [4.78, 5) is 15.8. The standard InChI is InChI=1S/C10H13N3O2/c1-7(14)6-13(2)10(15)9-4-3-8(5-11)12-9/h3-4,7,12,14H,6H2,1-2H3. The van der Waals surface area contributed by atoms with E-state index in [1.165, 1.54) is 4.90 Å². The highest BCUT2D eigenvalue weighted by Crippen LogP contribution is 2.04. The van der Waals surface area contributed by atoms with Gasteiger partial charge in [-0.3, -0.25) is 4.79 Å². The number of nitriles is 1. The minimum absolute atomic E-state index is 0.239. The summed E-state index contributed by atoms with van der Waals surface area (Å²) in [6, 6.07) is 5.01. The summed E-state index contributed by atoms with van der Waals surface area (Å²) in [5, 5.41) is 17.7. The molecule has 0 radical (unpaired) electrons. The lowest BCUT2D eigenvalue weighted by Crippen LogP contribution is -2.33. The van der Waals surface area contributed by atoms with E-state index in [-0.39, 0.29) is 12.5 Å². The maximum Gasteiger partial charge on any atom is 0.270 e. The molecule has 5 heteroatoms. The van der Waals surface area contributed by atoms with Gasteiger partial charge >= 0.3 is 0 Å². The number of aromatic amines is 1. The van der Waals surface area contributed by atoms with E-state index >= 15 is 0 Å². The minimum atomic E-state index is -0.565. The Balaban J connectivity index is 2.72. The molecule has 5 nitrogen and oxygen atoms in total. The normalized spacial score (nSPS) is 11.9. The molecule has 1 rings (SSSR count). The molecule has 0 fully saturated rings. The fourth-order valence-corrected chi connectivity index (χ4v) is 1.27. The second-order valence-electron chi connectivity index (χ2n) is 3.43. The van der Waals surface area contributed by atoms with Gasteiger partial charge < -0.3 is 15.0 Å². The van der Waals surface area contributed by atoms with Gasteiger partial charge in [0.15, 0.2) is 0 Å². The van der Waals surface area contributed by atoms with E-state index < -0.39 is 6.10 Å². The lowest BCUT2D eigenvalue weighted by Gasteiger charge is -2.17. The SMILES string of the molecule is CC(O)CN(C)C(=O)c1ccc(C#N)[nH]1. The van der Waals surface area contributed by atoms with Gasteiger partial charge in [0.1, 0.15) is 17.5 Å². The number of rotatable bonds is 3. The lowest BCUT2D eigenvalue weighted by molar-refractivity contribution is 0.0699. The van der Waals surface area contributed by atoms with Crippen molar-refractivity contribution in [2.45, 2.75) is 13.0 Å². The van der Waals surface area contributed by atoms with Crippen LogP contribution in [-0.2, 0) is 0 Å². The van der Waals surface area contributed by atoms with Crippen LogP contribution >= 0.6 is 0 Å². The molecule has 0 aromatic carbocycles. The Morgan fingerprint density at radius 3 is 2.87 bits per heavy atom. The van der Waals surface area contributed by atoms with E-state index in [2.05, 4.69) is 4.98 Å². The Kier molecular flexibility index (Phi) is 3.47. The Morgan fingerprint density at radius 1 is 1.73 bits per heavy atom. The number of hydrogen-bond donors (Lipinski definition) is 2. The van der Waals surface area contributed by atoms with Crippen molar-refractivity contribution in [3.63, 3.8) is 0 Å². The highest BCUT2D eigenvalue weighted by Gasteiger charge is 2.14. The van der Waals surface area contributed by atoms with E-state index in [9.17, 15) is 4.79 Å². The number of aliphatic hydroxyl groups excluding tert-OH is 1. The Bertz CT molecular complexity index is 390. The molecule has 1 heterocycles. The molecular weight excluding hydrogens is 194 g/mol. The zero-order chi connectivity index (χ0) is 11.4. The Labute approximate surface area is 87.9 Å². The van der Waals surface area contributed by atoms with Gasteiger partial charge in [0.25, 0.3) is 5.91 Å². The van der Waals surface area contributed by atoms with Crippen LogP contribution in [0.1, 0.15) is 23.1 Å². The van der Waals surface area contributed by atoms with Crippen LogP contribution in [0, 0.1) is 11.3 Å². The summed E-state index contributed by atoms with van der Waals surface area (Å²) in [5.41, 5.74) is 0.707. The van der Waals surface area contributed by atoms with Gasteiger partial charge in [-0.05, 0) is 19.1 Å². The van der Waals surface area contributed by atoms with Crippen molar-refractivity contribution >= 4 is 5.91 Å². The molecule has 15 heavy (non-hydrogen) atoms. The van der Waals surface area contributed by atoms with Crippen molar-refractivity contribution < 1.29 is 9.90 Å². The van der Waals surface area contributed by atoms with Gasteiger partial charge in [0, 0.05) is 13.6 Å². The van der Waals surface area contributed by atoms with Crippen LogP contribution < -0.4 is 0 Å². The van der Waals surface area contributed by atoms with Crippen LogP contribution in [-0.4, -0.2) is 40.6 Å². The van der Waals surface area contributed by atoms with Crippen molar-refractivity contribution in [3.05, 3.63) is 23.5 Å². The van der Waals surface area contributed by atoms with Gasteiger partial charge in [0.2, 0.25) is 0 Å².